The molecule has 1 saturated heterocycles. The average Bonchev–Trinajstić information content (AvgIpc) is 2.56. The first-order valence-electron chi connectivity index (χ1n) is 8.73. The number of hydrogen-bond acceptors (Lipinski definition) is 5. The molecule has 1 heterocycles. The highest BCUT2D eigenvalue weighted by Crippen LogP contribution is 2.16. The van der Waals surface area contributed by atoms with Gasteiger partial charge < -0.3 is 14.8 Å². The normalized spacial score (nSPS) is 17.4. The molecule has 0 saturated carbocycles. The Morgan fingerprint density at radius 1 is 1.23 bits per heavy atom. The number of carbonyl (C=O) groups excluding carboxylic acids is 3. The topological polar surface area (TPSA) is 84.9 Å². The lowest BCUT2D eigenvalue weighted by molar-refractivity contribution is -0.148. The fraction of sp³-hybridized carbons (Fsp3) is 0.526. The summed E-state index contributed by atoms with van der Waals surface area (Å²) in [4.78, 5) is 37.9. The summed E-state index contributed by atoms with van der Waals surface area (Å²) < 4.78 is 10.6. The van der Waals surface area contributed by atoms with E-state index in [1.807, 2.05) is 30.3 Å². The van der Waals surface area contributed by atoms with Crippen LogP contribution in [0.25, 0.3) is 0 Å². The van der Waals surface area contributed by atoms with Gasteiger partial charge in [-0.2, -0.15) is 0 Å². The van der Waals surface area contributed by atoms with E-state index in [0.717, 1.165) is 5.56 Å². The standard InChI is InChI=1S/C19H26N2O5/c1-19(2,3)26-18(24)21-11-10-20-17(23)15(21)13-16(22)25-12-9-14-7-5-4-6-8-14/h4-8,15H,9-13H2,1-3H3,(H,20,23)/t15-/m1/s1. The maximum absolute atomic E-state index is 12.3. The third kappa shape index (κ3) is 6.06. The van der Waals surface area contributed by atoms with Gasteiger partial charge in [0.2, 0.25) is 5.91 Å². The van der Waals surface area contributed by atoms with Crippen molar-refractivity contribution in [3.05, 3.63) is 35.9 Å². The van der Waals surface area contributed by atoms with Crippen LogP contribution >= 0.6 is 0 Å². The number of carbonyl (C=O) groups is 3. The lowest BCUT2D eigenvalue weighted by atomic mass is 10.1. The number of nitrogens with zero attached hydrogens (tertiary/aromatic N) is 1. The molecular weight excluding hydrogens is 336 g/mol. The minimum absolute atomic E-state index is 0.195. The number of esters is 1. The van der Waals surface area contributed by atoms with Crippen molar-refractivity contribution in [2.75, 3.05) is 19.7 Å². The smallest absolute Gasteiger partial charge is 0.411 e. The fourth-order valence-electron chi connectivity index (χ4n) is 2.60. The van der Waals surface area contributed by atoms with Crippen molar-refractivity contribution in [3.63, 3.8) is 0 Å². The van der Waals surface area contributed by atoms with Crippen LogP contribution in [0.2, 0.25) is 0 Å². The van der Waals surface area contributed by atoms with Crippen LogP contribution in [0.3, 0.4) is 0 Å². The average molecular weight is 362 g/mol. The Morgan fingerprint density at radius 2 is 1.92 bits per heavy atom. The Balaban J connectivity index is 1.89. The molecule has 0 spiro atoms. The molecule has 1 aromatic carbocycles. The molecule has 7 nitrogen and oxygen atoms in total. The fourth-order valence-corrected chi connectivity index (χ4v) is 2.60. The van der Waals surface area contributed by atoms with Crippen molar-refractivity contribution in [2.24, 2.45) is 0 Å². The Labute approximate surface area is 153 Å². The summed E-state index contributed by atoms with van der Waals surface area (Å²) >= 11 is 0. The van der Waals surface area contributed by atoms with Gasteiger partial charge in [-0.15, -0.1) is 0 Å². The highest BCUT2D eigenvalue weighted by atomic mass is 16.6. The van der Waals surface area contributed by atoms with E-state index >= 15 is 0 Å². The molecule has 0 aliphatic carbocycles. The van der Waals surface area contributed by atoms with Crippen molar-refractivity contribution in [3.8, 4) is 0 Å². The van der Waals surface area contributed by atoms with Crippen molar-refractivity contribution < 1.29 is 23.9 Å². The Kier molecular flexibility index (Phi) is 6.60. The number of ether oxygens (including phenoxy) is 2. The van der Waals surface area contributed by atoms with E-state index < -0.39 is 23.7 Å². The van der Waals surface area contributed by atoms with Gasteiger partial charge in [-0.3, -0.25) is 14.5 Å². The van der Waals surface area contributed by atoms with Gasteiger partial charge in [-0.05, 0) is 26.3 Å². The monoisotopic (exact) mass is 362 g/mol. The van der Waals surface area contributed by atoms with Gasteiger partial charge in [0, 0.05) is 19.5 Å². The molecule has 0 radical (unpaired) electrons. The molecule has 1 aliphatic heterocycles. The summed E-state index contributed by atoms with van der Waals surface area (Å²) in [7, 11) is 0. The van der Waals surface area contributed by atoms with Crippen LogP contribution < -0.4 is 5.32 Å². The van der Waals surface area contributed by atoms with Crippen molar-refractivity contribution >= 4 is 18.0 Å². The predicted molar refractivity (Wildman–Crippen MR) is 95.5 cm³/mol. The quantitative estimate of drug-likeness (QED) is 0.809. The number of hydrogen-bond donors (Lipinski definition) is 1. The number of amides is 2. The van der Waals surface area contributed by atoms with Crippen LogP contribution in [0.15, 0.2) is 30.3 Å². The molecule has 1 N–H and O–H groups in total. The van der Waals surface area contributed by atoms with Crippen LogP contribution in [-0.4, -0.2) is 54.2 Å². The molecule has 0 bridgehead atoms. The highest BCUT2D eigenvalue weighted by Gasteiger charge is 2.37. The van der Waals surface area contributed by atoms with Crippen LogP contribution in [0.5, 0.6) is 0 Å². The van der Waals surface area contributed by atoms with Crippen LogP contribution in [0.1, 0.15) is 32.8 Å². The summed E-state index contributed by atoms with van der Waals surface area (Å²) in [5.41, 5.74) is 0.386. The molecule has 7 heteroatoms. The Hall–Kier alpha value is -2.57. The van der Waals surface area contributed by atoms with E-state index in [4.69, 9.17) is 9.47 Å². The third-order valence-electron chi connectivity index (χ3n) is 3.82. The first-order chi connectivity index (χ1) is 12.3. The molecule has 1 atom stereocenters. The summed E-state index contributed by atoms with van der Waals surface area (Å²) in [6.07, 6.45) is -0.201. The van der Waals surface area contributed by atoms with Crippen molar-refractivity contribution in [1.82, 2.24) is 10.2 Å². The Bertz CT molecular complexity index is 639. The van der Waals surface area contributed by atoms with Crippen LogP contribution in [0.4, 0.5) is 4.79 Å². The first kappa shape index (κ1) is 19.8. The molecule has 0 unspecified atom stereocenters. The predicted octanol–water partition coefficient (Wildman–Crippen LogP) is 1.90. The van der Waals surface area contributed by atoms with Gasteiger partial charge in [-0.25, -0.2) is 4.79 Å². The molecule has 2 amide bonds. The molecule has 142 valence electrons. The number of benzene rings is 1. The van der Waals surface area contributed by atoms with E-state index in [-0.39, 0.29) is 18.9 Å². The van der Waals surface area contributed by atoms with Gasteiger partial charge in [0.15, 0.2) is 0 Å². The minimum Gasteiger partial charge on any atom is -0.465 e. The Morgan fingerprint density at radius 3 is 2.58 bits per heavy atom. The molecule has 2 rings (SSSR count). The first-order valence-corrected chi connectivity index (χ1v) is 8.73. The van der Waals surface area contributed by atoms with Crippen LogP contribution in [-0.2, 0) is 25.5 Å². The zero-order valence-electron chi connectivity index (χ0n) is 15.5. The summed E-state index contributed by atoms with van der Waals surface area (Å²) in [6.45, 7) is 6.11. The van der Waals surface area contributed by atoms with Gasteiger partial charge in [0.25, 0.3) is 0 Å². The summed E-state index contributed by atoms with van der Waals surface area (Å²) in [5.74, 6) is -0.890. The van der Waals surface area contributed by atoms with Crippen molar-refractivity contribution in [1.29, 1.82) is 0 Å². The minimum atomic E-state index is -0.914. The number of nitrogens with one attached hydrogen (secondary N) is 1. The van der Waals surface area contributed by atoms with Gasteiger partial charge in [-0.1, -0.05) is 30.3 Å². The SMILES string of the molecule is CC(C)(C)OC(=O)N1CCNC(=O)[C@H]1CC(=O)OCCc1ccccc1. The van der Waals surface area contributed by atoms with Crippen LogP contribution in [0, 0.1) is 0 Å². The molecule has 0 aromatic heterocycles. The highest BCUT2D eigenvalue weighted by molar-refractivity contribution is 5.90. The second kappa shape index (κ2) is 8.69. The molecule has 1 aromatic rings. The van der Waals surface area contributed by atoms with Gasteiger partial charge in [0.05, 0.1) is 13.0 Å². The largest absolute Gasteiger partial charge is 0.465 e. The molecule has 26 heavy (non-hydrogen) atoms. The second-order valence-corrected chi connectivity index (χ2v) is 7.14. The number of piperazine rings is 1. The molecule has 1 fully saturated rings. The van der Waals surface area contributed by atoms with E-state index in [0.29, 0.717) is 19.5 Å². The third-order valence-corrected chi connectivity index (χ3v) is 3.82. The van der Waals surface area contributed by atoms with E-state index in [1.165, 1.54) is 4.90 Å². The maximum atomic E-state index is 12.3. The molecular formula is C19H26N2O5. The maximum Gasteiger partial charge on any atom is 0.411 e. The zero-order valence-corrected chi connectivity index (χ0v) is 15.5. The van der Waals surface area contributed by atoms with E-state index in [9.17, 15) is 14.4 Å². The van der Waals surface area contributed by atoms with Gasteiger partial charge >= 0.3 is 12.1 Å². The van der Waals surface area contributed by atoms with E-state index in [2.05, 4.69) is 5.32 Å². The lowest BCUT2D eigenvalue weighted by Gasteiger charge is -2.35. The van der Waals surface area contributed by atoms with Crippen molar-refractivity contribution in [2.45, 2.75) is 45.3 Å². The number of rotatable bonds is 5. The van der Waals surface area contributed by atoms with E-state index in [1.54, 1.807) is 20.8 Å². The second-order valence-electron chi connectivity index (χ2n) is 7.14. The lowest BCUT2D eigenvalue weighted by Crippen LogP contribution is -2.58. The zero-order chi connectivity index (χ0) is 19.2. The van der Waals surface area contributed by atoms with Gasteiger partial charge in [0.1, 0.15) is 11.6 Å². The molecule has 1 aliphatic rings. The summed E-state index contributed by atoms with van der Waals surface area (Å²) in [6, 6.07) is 8.74. The summed E-state index contributed by atoms with van der Waals surface area (Å²) in [5, 5.41) is 2.67.